The van der Waals surface area contributed by atoms with Crippen LogP contribution in [0.4, 0.5) is 4.79 Å². The summed E-state index contributed by atoms with van der Waals surface area (Å²) in [5, 5.41) is 31.1. The summed E-state index contributed by atoms with van der Waals surface area (Å²) in [7, 11) is 0. The molecule has 0 aromatic carbocycles. The van der Waals surface area contributed by atoms with E-state index in [4.69, 9.17) is 19.3 Å². The molecule has 0 aliphatic carbocycles. The van der Waals surface area contributed by atoms with E-state index in [0.717, 1.165) is 0 Å². The van der Waals surface area contributed by atoms with Gasteiger partial charge >= 0.3 is 6.09 Å². The van der Waals surface area contributed by atoms with Crippen LogP contribution in [-0.2, 0) is 14.2 Å². The van der Waals surface area contributed by atoms with Crippen molar-refractivity contribution < 1.29 is 34.3 Å². The molecule has 0 aromatic rings. The fourth-order valence-corrected chi connectivity index (χ4v) is 1.85. The Kier molecular flexibility index (Phi) is 6.46. The third-order valence-electron chi connectivity index (χ3n) is 2.77. The Morgan fingerprint density at radius 2 is 1.95 bits per heavy atom. The minimum atomic E-state index is -1.33. The lowest BCUT2D eigenvalue weighted by Crippen LogP contribution is -2.64. The fourth-order valence-electron chi connectivity index (χ4n) is 1.85. The quantitative estimate of drug-likeness (QED) is 0.487. The van der Waals surface area contributed by atoms with Gasteiger partial charge in [-0.2, -0.15) is 0 Å². The summed E-state index contributed by atoms with van der Waals surface area (Å²) in [5.41, 5.74) is 0. The molecule has 5 atom stereocenters. The van der Waals surface area contributed by atoms with Gasteiger partial charge in [-0.1, -0.05) is 0 Å². The molecule has 112 valence electrons. The van der Waals surface area contributed by atoms with Crippen LogP contribution in [0.15, 0.2) is 0 Å². The summed E-state index contributed by atoms with van der Waals surface area (Å²) in [6, 6.07) is -0.975. The maximum atomic E-state index is 11.4. The average molecular weight is 279 g/mol. The van der Waals surface area contributed by atoms with Gasteiger partial charge in [-0.3, -0.25) is 0 Å². The Morgan fingerprint density at radius 3 is 2.47 bits per heavy atom. The van der Waals surface area contributed by atoms with Crippen LogP contribution in [0.5, 0.6) is 0 Å². The Hall–Kier alpha value is -0.930. The minimum absolute atomic E-state index is 0.177. The summed E-state index contributed by atoms with van der Waals surface area (Å²) in [4.78, 5) is 11.4. The number of aliphatic hydroxyl groups excluding tert-OH is 3. The monoisotopic (exact) mass is 279 g/mol. The number of hydrogen-bond acceptors (Lipinski definition) is 7. The van der Waals surface area contributed by atoms with Crippen molar-refractivity contribution in [3.63, 3.8) is 0 Å². The second kappa shape index (κ2) is 7.61. The van der Waals surface area contributed by atoms with Crippen LogP contribution in [0.3, 0.4) is 0 Å². The second-order valence-corrected chi connectivity index (χ2v) is 4.05. The van der Waals surface area contributed by atoms with Crippen LogP contribution in [0, 0.1) is 0 Å². The standard InChI is InChI=1S/C11H21NO7/c1-3-17-10-7(12-11(16)18-4-2)9(15)8(14)6(5-13)19-10/h6-10,13-15H,3-5H2,1-2H3,(H,12,16)/t6-,7+,8+,9-,10-/m1/s1. The SMILES string of the molecule is CCOC(=O)N[C@@H]1[C@H](OCC)O[C@H](CO)[C@H](O)[C@@H]1O. The predicted molar refractivity (Wildman–Crippen MR) is 63.3 cm³/mol. The molecule has 1 rings (SSSR count). The first-order valence-electron chi connectivity index (χ1n) is 6.22. The smallest absolute Gasteiger partial charge is 0.407 e. The van der Waals surface area contributed by atoms with E-state index in [9.17, 15) is 15.0 Å². The van der Waals surface area contributed by atoms with Crippen LogP contribution < -0.4 is 5.32 Å². The Labute approximate surface area is 111 Å². The van der Waals surface area contributed by atoms with Gasteiger partial charge in [0.2, 0.25) is 0 Å². The summed E-state index contributed by atoms with van der Waals surface area (Å²) in [6.07, 6.45) is -5.33. The van der Waals surface area contributed by atoms with Crippen molar-refractivity contribution in [2.24, 2.45) is 0 Å². The third-order valence-corrected chi connectivity index (χ3v) is 2.77. The first-order chi connectivity index (χ1) is 9.04. The lowest BCUT2D eigenvalue weighted by Gasteiger charge is -2.41. The zero-order valence-electron chi connectivity index (χ0n) is 11.0. The van der Waals surface area contributed by atoms with E-state index < -0.39 is 43.3 Å². The van der Waals surface area contributed by atoms with Gasteiger partial charge in [-0.15, -0.1) is 0 Å². The molecule has 1 aliphatic heterocycles. The fraction of sp³-hybridized carbons (Fsp3) is 0.909. The minimum Gasteiger partial charge on any atom is -0.450 e. The van der Waals surface area contributed by atoms with Gasteiger partial charge in [0.05, 0.1) is 13.2 Å². The lowest BCUT2D eigenvalue weighted by atomic mass is 9.97. The summed E-state index contributed by atoms with van der Waals surface area (Å²) in [6.45, 7) is 3.36. The molecule has 8 heteroatoms. The summed E-state index contributed by atoms with van der Waals surface area (Å²) < 4.78 is 15.3. The van der Waals surface area contributed by atoms with Crippen molar-refractivity contribution >= 4 is 6.09 Å². The Balaban J connectivity index is 2.75. The number of aliphatic hydroxyl groups is 3. The second-order valence-electron chi connectivity index (χ2n) is 4.05. The molecule has 0 unspecified atom stereocenters. The van der Waals surface area contributed by atoms with Crippen LogP contribution in [-0.4, -0.2) is 71.9 Å². The van der Waals surface area contributed by atoms with Gasteiger partial charge in [-0.05, 0) is 13.8 Å². The zero-order valence-corrected chi connectivity index (χ0v) is 11.0. The normalized spacial score (nSPS) is 34.9. The molecule has 1 saturated heterocycles. The maximum absolute atomic E-state index is 11.4. The molecule has 4 N–H and O–H groups in total. The van der Waals surface area contributed by atoms with Crippen LogP contribution >= 0.6 is 0 Å². The molecule has 1 heterocycles. The molecule has 1 amide bonds. The van der Waals surface area contributed by atoms with E-state index >= 15 is 0 Å². The van der Waals surface area contributed by atoms with Gasteiger partial charge < -0.3 is 34.8 Å². The highest BCUT2D eigenvalue weighted by atomic mass is 16.7. The maximum Gasteiger partial charge on any atom is 0.407 e. The van der Waals surface area contributed by atoms with E-state index in [-0.39, 0.29) is 13.2 Å². The molecule has 1 fully saturated rings. The van der Waals surface area contributed by atoms with Gasteiger partial charge in [0, 0.05) is 6.61 Å². The summed E-state index contributed by atoms with van der Waals surface area (Å²) >= 11 is 0. The van der Waals surface area contributed by atoms with Crippen molar-refractivity contribution in [1.82, 2.24) is 5.32 Å². The molecule has 0 radical (unpaired) electrons. The number of nitrogens with one attached hydrogen (secondary N) is 1. The molecule has 8 nitrogen and oxygen atoms in total. The van der Waals surface area contributed by atoms with E-state index in [2.05, 4.69) is 5.32 Å². The number of alkyl carbamates (subject to hydrolysis) is 1. The van der Waals surface area contributed by atoms with Crippen LogP contribution in [0.2, 0.25) is 0 Å². The number of ether oxygens (including phenoxy) is 3. The molecular formula is C11H21NO7. The van der Waals surface area contributed by atoms with Gasteiger partial charge in [0.15, 0.2) is 6.29 Å². The van der Waals surface area contributed by atoms with Crippen molar-refractivity contribution in [3.05, 3.63) is 0 Å². The van der Waals surface area contributed by atoms with Gasteiger partial charge in [0.1, 0.15) is 24.4 Å². The number of rotatable bonds is 5. The van der Waals surface area contributed by atoms with E-state index in [1.165, 1.54) is 0 Å². The highest BCUT2D eigenvalue weighted by molar-refractivity contribution is 5.67. The average Bonchev–Trinajstić information content (AvgIpc) is 2.38. The first-order valence-corrected chi connectivity index (χ1v) is 6.22. The predicted octanol–water partition coefficient (Wildman–Crippen LogP) is -1.42. The molecule has 0 aromatic heterocycles. The van der Waals surface area contributed by atoms with E-state index in [0.29, 0.717) is 0 Å². The molecule has 0 bridgehead atoms. The highest BCUT2D eigenvalue weighted by Gasteiger charge is 2.45. The van der Waals surface area contributed by atoms with E-state index in [1.54, 1.807) is 13.8 Å². The highest BCUT2D eigenvalue weighted by Crippen LogP contribution is 2.22. The largest absolute Gasteiger partial charge is 0.450 e. The van der Waals surface area contributed by atoms with Gasteiger partial charge in [-0.25, -0.2) is 4.79 Å². The number of amides is 1. The van der Waals surface area contributed by atoms with Crippen LogP contribution in [0.1, 0.15) is 13.8 Å². The summed E-state index contributed by atoms with van der Waals surface area (Å²) in [5.74, 6) is 0. The van der Waals surface area contributed by atoms with Crippen molar-refractivity contribution in [1.29, 1.82) is 0 Å². The lowest BCUT2D eigenvalue weighted by molar-refractivity contribution is -0.268. The Bertz CT molecular complexity index is 288. The molecular weight excluding hydrogens is 258 g/mol. The third kappa shape index (κ3) is 4.02. The molecule has 19 heavy (non-hydrogen) atoms. The molecule has 0 saturated carbocycles. The van der Waals surface area contributed by atoms with Gasteiger partial charge in [0.25, 0.3) is 0 Å². The topological polar surface area (TPSA) is 117 Å². The Morgan fingerprint density at radius 1 is 1.26 bits per heavy atom. The van der Waals surface area contributed by atoms with Crippen molar-refractivity contribution in [3.8, 4) is 0 Å². The van der Waals surface area contributed by atoms with E-state index in [1.807, 2.05) is 0 Å². The zero-order chi connectivity index (χ0) is 14.4. The molecule has 0 spiro atoms. The molecule has 1 aliphatic rings. The van der Waals surface area contributed by atoms with Crippen molar-refractivity contribution in [2.45, 2.75) is 44.5 Å². The number of carbonyl (C=O) groups is 1. The first kappa shape index (κ1) is 16.1. The van der Waals surface area contributed by atoms with Crippen LogP contribution in [0.25, 0.3) is 0 Å². The van der Waals surface area contributed by atoms with Crippen molar-refractivity contribution in [2.75, 3.05) is 19.8 Å². The number of carbonyl (C=O) groups excluding carboxylic acids is 1. The number of hydrogen-bond donors (Lipinski definition) is 4.